The second kappa shape index (κ2) is 10.3. The molecule has 0 radical (unpaired) electrons. The summed E-state index contributed by atoms with van der Waals surface area (Å²) in [6.45, 7) is 15.8. The van der Waals surface area contributed by atoms with E-state index in [-0.39, 0.29) is 24.6 Å². The number of nitrogens with zero attached hydrogens (tertiary/aromatic N) is 3. The third kappa shape index (κ3) is 6.85. The second-order valence-electron chi connectivity index (χ2n) is 11.2. The minimum atomic E-state index is -0.708. The molecular formula is C24H39BN4O6. The third-order valence-corrected chi connectivity index (χ3v) is 6.59. The average molecular weight is 490 g/mol. The first-order chi connectivity index (χ1) is 16.2. The third-order valence-electron chi connectivity index (χ3n) is 6.59. The predicted octanol–water partition coefficient (Wildman–Crippen LogP) is 2.45. The van der Waals surface area contributed by atoms with Gasteiger partial charge in [0, 0.05) is 24.4 Å². The Balaban J connectivity index is 1.56. The number of carbonyl (C=O) groups excluding carboxylic acids is 2. The molecule has 2 aliphatic rings. The zero-order valence-corrected chi connectivity index (χ0v) is 22.2. The SMILES string of the molecule is C[C@H](NC(=O)OC(C)(C)C)C(=O)N1CCCC[C@@H]1COc1ncc(B2OC(C)(C)C(C)(C)O2)cn1. The molecule has 0 aromatic carbocycles. The van der Waals surface area contributed by atoms with E-state index in [9.17, 15) is 9.59 Å². The minimum absolute atomic E-state index is 0.134. The highest BCUT2D eigenvalue weighted by atomic mass is 16.7. The van der Waals surface area contributed by atoms with Crippen molar-refractivity contribution in [2.45, 2.75) is 104 Å². The van der Waals surface area contributed by atoms with Crippen molar-refractivity contribution in [2.75, 3.05) is 13.2 Å². The molecule has 1 N–H and O–H groups in total. The molecule has 2 aliphatic heterocycles. The van der Waals surface area contributed by atoms with Crippen LogP contribution < -0.4 is 15.5 Å². The van der Waals surface area contributed by atoms with Crippen LogP contribution in [0.5, 0.6) is 6.01 Å². The lowest BCUT2D eigenvalue weighted by atomic mass is 9.81. The number of piperidine rings is 1. The van der Waals surface area contributed by atoms with E-state index in [0.717, 1.165) is 19.3 Å². The maximum atomic E-state index is 13.1. The first kappa shape index (κ1) is 27.2. The maximum Gasteiger partial charge on any atom is 0.498 e. The molecule has 1 aromatic rings. The summed E-state index contributed by atoms with van der Waals surface area (Å²) < 4.78 is 23.2. The van der Waals surface area contributed by atoms with E-state index in [1.54, 1.807) is 45.0 Å². The van der Waals surface area contributed by atoms with E-state index in [1.807, 2.05) is 27.7 Å². The lowest BCUT2D eigenvalue weighted by Gasteiger charge is -2.37. The van der Waals surface area contributed by atoms with Gasteiger partial charge in [0.15, 0.2) is 0 Å². The molecule has 3 heterocycles. The molecule has 3 rings (SSSR count). The van der Waals surface area contributed by atoms with Gasteiger partial charge < -0.3 is 29.0 Å². The number of carbonyl (C=O) groups is 2. The van der Waals surface area contributed by atoms with Crippen LogP contribution in [0.1, 0.15) is 74.7 Å². The summed E-state index contributed by atoms with van der Waals surface area (Å²) in [6.07, 6.45) is 5.37. The number of nitrogens with one attached hydrogen (secondary N) is 1. The van der Waals surface area contributed by atoms with Crippen molar-refractivity contribution < 1.29 is 28.4 Å². The first-order valence-electron chi connectivity index (χ1n) is 12.3. The van der Waals surface area contributed by atoms with Crippen molar-refractivity contribution in [1.29, 1.82) is 0 Å². The van der Waals surface area contributed by atoms with Crippen molar-refractivity contribution in [2.24, 2.45) is 0 Å². The lowest BCUT2D eigenvalue weighted by molar-refractivity contribution is -0.137. The molecular weight excluding hydrogens is 451 g/mol. The van der Waals surface area contributed by atoms with Crippen molar-refractivity contribution in [1.82, 2.24) is 20.2 Å². The van der Waals surface area contributed by atoms with Crippen LogP contribution in [-0.2, 0) is 18.8 Å². The Hall–Kier alpha value is -2.40. The standard InChI is InChI=1S/C24H39BN4O6/c1-16(28-21(31)33-22(2,3)4)19(30)29-12-10-9-11-18(29)15-32-20-26-13-17(14-27-20)25-34-23(5,6)24(7,8)35-25/h13-14,16,18H,9-12,15H2,1-8H3,(H,28,31)/t16-,18+/m0/s1. The topological polar surface area (TPSA) is 112 Å². The van der Waals surface area contributed by atoms with Gasteiger partial charge in [-0.2, -0.15) is 0 Å². The molecule has 194 valence electrons. The number of hydrogen-bond donors (Lipinski definition) is 1. The number of ether oxygens (including phenoxy) is 2. The van der Waals surface area contributed by atoms with Crippen LogP contribution in [0.3, 0.4) is 0 Å². The van der Waals surface area contributed by atoms with Crippen molar-refractivity contribution in [3.8, 4) is 6.01 Å². The van der Waals surface area contributed by atoms with Gasteiger partial charge in [0.25, 0.3) is 0 Å². The van der Waals surface area contributed by atoms with Crippen molar-refractivity contribution in [3.05, 3.63) is 12.4 Å². The summed E-state index contributed by atoms with van der Waals surface area (Å²) >= 11 is 0. The largest absolute Gasteiger partial charge is 0.498 e. The molecule has 11 heteroatoms. The fourth-order valence-corrected chi connectivity index (χ4v) is 3.93. The van der Waals surface area contributed by atoms with Gasteiger partial charge in [-0.15, -0.1) is 0 Å². The highest BCUT2D eigenvalue weighted by Gasteiger charge is 2.52. The van der Waals surface area contributed by atoms with E-state index < -0.39 is 36.1 Å². The maximum absolute atomic E-state index is 13.1. The molecule has 2 amide bonds. The Kier molecular flexibility index (Phi) is 8.01. The lowest BCUT2D eigenvalue weighted by Crippen LogP contribution is -2.54. The number of amides is 2. The van der Waals surface area contributed by atoms with E-state index in [4.69, 9.17) is 18.8 Å². The summed E-state index contributed by atoms with van der Waals surface area (Å²) in [4.78, 5) is 35.5. The molecule has 1 aromatic heterocycles. The van der Waals surface area contributed by atoms with Gasteiger partial charge in [-0.05, 0) is 74.7 Å². The van der Waals surface area contributed by atoms with Crippen molar-refractivity contribution in [3.63, 3.8) is 0 Å². The molecule has 2 atom stereocenters. The molecule has 0 unspecified atom stereocenters. The number of aromatic nitrogens is 2. The molecule has 2 fully saturated rings. The quantitative estimate of drug-likeness (QED) is 0.606. The molecule has 2 saturated heterocycles. The number of hydrogen-bond acceptors (Lipinski definition) is 8. The molecule has 0 aliphatic carbocycles. The second-order valence-corrected chi connectivity index (χ2v) is 11.2. The van der Waals surface area contributed by atoms with E-state index in [1.165, 1.54) is 0 Å². The molecule has 0 saturated carbocycles. The highest BCUT2D eigenvalue weighted by Crippen LogP contribution is 2.36. The number of alkyl carbamates (subject to hydrolysis) is 1. The smallest absolute Gasteiger partial charge is 0.461 e. The van der Waals surface area contributed by atoms with Gasteiger partial charge >= 0.3 is 19.2 Å². The van der Waals surface area contributed by atoms with Crippen LogP contribution in [0.25, 0.3) is 0 Å². The van der Waals surface area contributed by atoms with E-state index in [0.29, 0.717) is 12.0 Å². The van der Waals surface area contributed by atoms with E-state index >= 15 is 0 Å². The number of likely N-dealkylation sites (tertiary alicyclic amines) is 1. The Labute approximate surface area is 208 Å². The Bertz CT molecular complexity index is 886. The van der Waals surface area contributed by atoms with Gasteiger partial charge in [0.05, 0.1) is 17.2 Å². The molecule has 0 bridgehead atoms. The zero-order valence-electron chi connectivity index (χ0n) is 22.2. The predicted molar refractivity (Wildman–Crippen MR) is 131 cm³/mol. The van der Waals surface area contributed by atoms with Gasteiger partial charge in [-0.3, -0.25) is 4.79 Å². The monoisotopic (exact) mass is 490 g/mol. The van der Waals surface area contributed by atoms with Crippen molar-refractivity contribution >= 4 is 24.6 Å². The molecule has 10 nitrogen and oxygen atoms in total. The fraction of sp³-hybridized carbons (Fsp3) is 0.750. The Morgan fingerprint density at radius 3 is 2.34 bits per heavy atom. The first-order valence-corrected chi connectivity index (χ1v) is 12.3. The Morgan fingerprint density at radius 2 is 1.77 bits per heavy atom. The average Bonchev–Trinajstić information content (AvgIpc) is 2.97. The Morgan fingerprint density at radius 1 is 1.17 bits per heavy atom. The summed E-state index contributed by atoms with van der Waals surface area (Å²) in [6, 6.07) is -0.616. The molecule has 35 heavy (non-hydrogen) atoms. The van der Waals surface area contributed by atoms with Crippen LogP contribution in [0, 0.1) is 0 Å². The summed E-state index contributed by atoms with van der Waals surface area (Å²) in [5.41, 5.74) is -0.808. The van der Waals surface area contributed by atoms with Crippen LogP contribution in [0.4, 0.5) is 4.79 Å². The van der Waals surface area contributed by atoms with Gasteiger partial charge in [-0.1, -0.05) is 0 Å². The van der Waals surface area contributed by atoms with E-state index in [2.05, 4.69) is 15.3 Å². The van der Waals surface area contributed by atoms with Gasteiger partial charge in [-0.25, -0.2) is 14.8 Å². The fourth-order valence-electron chi connectivity index (χ4n) is 3.93. The van der Waals surface area contributed by atoms with Gasteiger partial charge in [0.2, 0.25) is 5.91 Å². The van der Waals surface area contributed by atoms with Crippen LogP contribution in [0.2, 0.25) is 0 Å². The number of rotatable bonds is 6. The normalized spacial score (nSPS) is 22.5. The van der Waals surface area contributed by atoms with Gasteiger partial charge in [0.1, 0.15) is 18.2 Å². The van der Waals surface area contributed by atoms with Crippen LogP contribution in [0.15, 0.2) is 12.4 Å². The summed E-state index contributed by atoms with van der Waals surface area (Å²) in [7, 11) is -0.542. The van der Waals surface area contributed by atoms with Crippen LogP contribution in [-0.4, -0.2) is 76.0 Å². The molecule has 0 spiro atoms. The minimum Gasteiger partial charge on any atom is -0.461 e. The zero-order chi connectivity index (χ0) is 26.0. The highest BCUT2D eigenvalue weighted by molar-refractivity contribution is 6.61. The summed E-state index contributed by atoms with van der Waals surface area (Å²) in [5, 5.41) is 2.63. The summed E-state index contributed by atoms with van der Waals surface area (Å²) in [5.74, 6) is -0.166. The van der Waals surface area contributed by atoms with Crippen LogP contribution >= 0.6 is 0 Å².